The zero-order valence-corrected chi connectivity index (χ0v) is 16.0. The molecule has 0 atom stereocenters. The molecule has 1 aromatic rings. The van der Waals surface area contributed by atoms with Gasteiger partial charge in [-0.05, 0) is 31.0 Å². The molecule has 1 aromatic carbocycles. The van der Waals surface area contributed by atoms with Crippen molar-refractivity contribution in [2.24, 2.45) is 0 Å². The first-order valence-electron chi connectivity index (χ1n) is 8.70. The van der Waals surface area contributed by atoms with Crippen LogP contribution in [0, 0.1) is 0 Å². The van der Waals surface area contributed by atoms with Gasteiger partial charge in [-0.3, -0.25) is 4.79 Å². The van der Waals surface area contributed by atoms with Crippen LogP contribution in [0.15, 0.2) is 18.2 Å². The van der Waals surface area contributed by atoms with Crippen LogP contribution in [0.25, 0.3) is 0 Å². The number of rotatable bonds is 8. The Kier molecular flexibility index (Phi) is 10.7. The van der Waals surface area contributed by atoms with Crippen molar-refractivity contribution < 1.29 is 37.8 Å². The second-order valence-corrected chi connectivity index (χ2v) is 5.73. The maximum absolute atomic E-state index is 11.5. The van der Waals surface area contributed by atoms with Crippen molar-refractivity contribution in [1.29, 1.82) is 0 Å². The largest absolute Gasteiger partial charge is 0.490 e. The number of nitrogens with zero attached hydrogens (tertiary/aromatic N) is 1. The summed E-state index contributed by atoms with van der Waals surface area (Å²) < 4.78 is 31.7. The molecule has 0 heterocycles. The quantitative estimate of drug-likeness (QED) is 0.603. The fourth-order valence-electron chi connectivity index (χ4n) is 2.20. The first-order valence-corrected chi connectivity index (χ1v) is 8.70. The van der Waals surface area contributed by atoms with Gasteiger partial charge in [0.05, 0.1) is 11.3 Å². The van der Waals surface area contributed by atoms with Gasteiger partial charge in [0.1, 0.15) is 0 Å². The normalized spacial score (nSPS) is 10.5. The molecule has 0 radical (unpaired) electrons. The van der Waals surface area contributed by atoms with E-state index in [2.05, 4.69) is 24.1 Å². The maximum atomic E-state index is 11.5. The number of amides is 1. The summed E-state index contributed by atoms with van der Waals surface area (Å²) in [6.45, 7) is 7.52. The predicted molar refractivity (Wildman–Crippen MR) is 98.8 cm³/mol. The van der Waals surface area contributed by atoms with Crippen LogP contribution >= 0.6 is 0 Å². The molecule has 0 saturated heterocycles. The monoisotopic (exact) mass is 406 g/mol. The lowest BCUT2D eigenvalue weighted by molar-refractivity contribution is -0.192. The summed E-state index contributed by atoms with van der Waals surface area (Å²) in [6.07, 6.45) is -2.82. The molecule has 0 aliphatic carbocycles. The molecule has 0 bridgehead atoms. The highest BCUT2D eigenvalue weighted by Crippen LogP contribution is 2.25. The number of carbonyl (C=O) groups is 3. The smallest absolute Gasteiger partial charge is 0.478 e. The third-order valence-corrected chi connectivity index (χ3v) is 3.40. The van der Waals surface area contributed by atoms with Gasteiger partial charge in [0, 0.05) is 25.2 Å². The van der Waals surface area contributed by atoms with E-state index in [1.54, 1.807) is 19.1 Å². The Labute approximate surface area is 161 Å². The fraction of sp³-hybridized carbons (Fsp3) is 0.500. The van der Waals surface area contributed by atoms with Crippen molar-refractivity contribution in [3.05, 3.63) is 23.8 Å². The van der Waals surface area contributed by atoms with Crippen molar-refractivity contribution in [3.63, 3.8) is 0 Å². The summed E-state index contributed by atoms with van der Waals surface area (Å²) in [4.78, 5) is 33.9. The van der Waals surface area contributed by atoms with Gasteiger partial charge in [0.15, 0.2) is 0 Å². The van der Waals surface area contributed by atoms with Crippen molar-refractivity contribution in [2.45, 2.75) is 46.2 Å². The first-order chi connectivity index (χ1) is 13.0. The highest BCUT2D eigenvalue weighted by atomic mass is 19.4. The van der Waals surface area contributed by atoms with E-state index in [4.69, 9.17) is 9.90 Å². The number of aliphatic carboxylic acids is 1. The molecule has 28 heavy (non-hydrogen) atoms. The van der Waals surface area contributed by atoms with E-state index in [0.29, 0.717) is 17.8 Å². The zero-order valence-electron chi connectivity index (χ0n) is 16.0. The van der Waals surface area contributed by atoms with Gasteiger partial charge < -0.3 is 20.4 Å². The lowest BCUT2D eigenvalue weighted by Gasteiger charge is -2.25. The molecular formula is C18H25F3N2O5. The van der Waals surface area contributed by atoms with Gasteiger partial charge in [-0.1, -0.05) is 20.8 Å². The average molecular weight is 406 g/mol. The second kappa shape index (κ2) is 11.8. The van der Waals surface area contributed by atoms with Crippen LogP contribution in [0.2, 0.25) is 0 Å². The Bertz CT molecular complexity index is 672. The van der Waals surface area contributed by atoms with Crippen LogP contribution in [0.1, 0.15) is 50.4 Å². The van der Waals surface area contributed by atoms with Gasteiger partial charge in [0.2, 0.25) is 5.91 Å². The molecule has 0 aliphatic heterocycles. The van der Waals surface area contributed by atoms with E-state index in [9.17, 15) is 27.9 Å². The van der Waals surface area contributed by atoms with E-state index in [0.717, 1.165) is 25.9 Å². The van der Waals surface area contributed by atoms with Gasteiger partial charge in [0.25, 0.3) is 0 Å². The fourth-order valence-corrected chi connectivity index (χ4v) is 2.20. The Morgan fingerprint density at radius 1 is 1.04 bits per heavy atom. The Morgan fingerprint density at radius 3 is 1.89 bits per heavy atom. The number of carboxylic acids is 2. The number of aromatic carboxylic acids is 1. The number of alkyl halides is 3. The molecule has 3 N–H and O–H groups in total. The minimum absolute atomic E-state index is 0.127. The number of hydrogen-bond donors (Lipinski definition) is 3. The van der Waals surface area contributed by atoms with Crippen LogP contribution in [-0.4, -0.2) is 47.3 Å². The number of benzene rings is 1. The molecule has 0 aliphatic rings. The summed E-state index contributed by atoms with van der Waals surface area (Å²) >= 11 is 0. The Hall–Kier alpha value is -2.78. The third-order valence-electron chi connectivity index (χ3n) is 3.40. The van der Waals surface area contributed by atoms with Crippen molar-refractivity contribution >= 4 is 29.2 Å². The Morgan fingerprint density at radius 2 is 1.54 bits per heavy atom. The minimum atomic E-state index is -5.08. The van der Waals surface area contributed by atoms with E-state index >= 15 is 0 Å². The molecular weight excluding hydrogens is 381 g/mol. The van der Waals surface area contributed by atoms with Crippen molar-refractivity contribution in [1.82, 2.24) is 0 Å². The van der Waals surface area contributed by atoms with E-state index < -0.39 is 18.1 Å². The van der Waals surface area contributed by atoms with Crippen LogP contribution in [-0.2, 0) is 9.59 Å². The topological polar surface area (TPSA) is 107 Å². The van der Waals surface area contributed by atoms with Gasteiger partial charge in [-0.2, -0.15) is 13.2 Å². The minimum Gasteiger partial charge on any atom is -0.478 e. The molecule has 7 nitrogen and oxygen atoms in total. The SMILES string of the molecule is CCCN(CCC)c1ccc(NC(=O)CC)cc1C(=O)O.O=C(O)C(F)(F)F. The van der Waals surface area contributed by atoms with Crippen molar-refractivity contribution in [3.8, 4) is 0 Å². The Balaban J connectivity index is 0.000000887. The summed E-state index contributed by atoms with van der Waals surface area (Å²) in [5.41, 5.74) is 1.46. The first kappa shape index (κ1) is 25.2. The highest BCUT2D eigenvalue weighted by Gasteiger charge is 2.38. The van der Waals surface area contributed by atoms with Gasteiger partial charge in [-0.15, -0.1) is 0 Å². The molecule has 0 spiro atoms. The number of carboxylic acid groups (broad SMARTS) is 2. The third kappa shape index (κ3) is 8.74. The molecule has 1 rings (SSSR count). The van der Waals surface area contributed by atoms with Crippen LogP contribution in [0.3, 0.4) is 0 Å². The number of nitrogens with one attached hydrogen (secondary N) is 1. The number of halogens is 3. The summed E-state index contributed by atoms with van der Waals surface area (Å²) in [7, 11) is 0. The maximum Gasteiger partial charge on any atom is 0.490 e. The predicted octanol–water partition coefficient (Wildman–Crippen LogP) is 3.99. The molecule has 0 aromatic heterocycles. The van der Waals surface area contributed by atoms with Gasteiger partial charge >= 0.3 is 18.1 Å². The van der Waals surface area contributed by atoms with Crippen LogP contribution in [0.5, 0.6) is 0 Å². The van der Waals surface area contributed by atoms with E-state index in [1.807, 2.05) is 0 Å². The lowest BCUT2D eigenvalue weighted by atomic mass is 10.1. The molecule has 1 amide bonds. The molecule has 0 saturated carbocycles. The number of hydrogen-bond acceptors (Lipinski definition) is 4. The number of carbonyl (C=O) groups excluding carboxylic acids is 1. The summed E-state index contributed by atoms with van der Waals surface area (Å²) in [6, 6.07) is 5.07. The molecule has 158 valence electrons. The molecule has 0 fully saturated rings. The second-order valence-electron chi connectivity index (χ2n) is 5.73. The molecule has 0 unspecified atom stereocenters. The van der Waals surface area contributed by atoms with Crippen LogP contribution < -0.4 is 10.2 Å². The van der Waals surface area contributed by atoms with Crippen LogP contribution in [0.4, 0.5) is 24.5 Å². The number of anilines is 2. The lowest BCUT2D eigenvalue weighted by Crippen LogP contribution is -2.27. The average Bonchev–Trinajstić information content (AvgIpc) is 2.61. The zero-order chi connectivity index (χ0) is 21.9. The highest BCUT2D eigenvalue weighted by molar-refractivity contribution is 5.98. The van der Waals surface area contributed by atoms with E-state index in [1.165, 1.54) is 6.07 Å². The standard InChI is InChI=1S/C16H24N2O3.C2HF3O2/c1-4-9-18(10-5-2)14-8-7-12(17-15(19)6-3)11-13(14)16(20)21;3-2(4,5)1(6)7/h7-8,11H,4-6,9-10H2,1-3H3,(H,17,19)(H,20,21);(H,6,7). The summed E-state index contributed by atoms with van der Waals surface area (Å²) in [5.74, 6) is -3.86. The van der Waals surface area contributed by atoms with E-state index in [-0.39, 0.29) is 11.5 Å². The van der Waals surface area contributed by atoms with Crippen molar-refractivity contribution in [2.75, 3.05) is 23.3 Å². The summed E-state index contributed by atoms with van der Waals surface area (Å²) in [5, 5.41) is 19.2. The molecule has 10 heteroatoms. The van der Waals surface area contributed by atoms with Gasteiger partial charge in [-0.25, -0.2) is 9.59 Å².